The first-order chi connectivity index (χ1) is 7.66. The van der Waals surface area contributed by atoms with Gasteiger partial charge in [-0.3, -0.25) is 4.79 Å². The normalized spacial score (nSPS) is 23.6. The third-order valence-corrected chi connectivity index (χ3v) is 3.83. The molecule has 0 heterocycles. The Morgan fingerprint density at radius 2 is 2.00 bits per heavy atom. The highest BCUT2D eigenvalue weighted by atomic mass is 79.9. The van der Waals surface area contributed by atoms with E-state index in [4.69, 9.17) is 0 Å². The number of carbonyl (C=O) groups is 1. The highest BCUT2D eigenvalue weighted by Gasteiger charge is 2.28. The number of hydrogen-bond donors (Lipinski definition) is 0. The maximum absolute atomic E-state index is 12.0. The lowest BCUT2D eigenvalue weighted by atomic mass is 9.85. The van der Waals surface area contributed by atoms with Crippen molar-refractivity contribution in [1.29, 1.82) is 0 Å². The molecule has 0 bridgehead atoms. The minimum absolute atomic E-state index is 0.124. The van der Waals surface area contributed by atoms with Gasteiger partial charge in [-0.1, -0.05) is 34.1 Å². The van der Waals surface area contributed by atoms with Crippen LogP contribution in [-0.2, 0) is 0 Å². The van der Waals surface area contributed by atoms with Crippen LogP contribution in [0.3, 0.4) is 0 Å². The predicted octanol–water partition coefficient (Wildman–Crippen LogP) is 2.93. The Balaban J connectivity index is 1.90. The second-order valence-electron chi connectivity index (χ2n) is 4.49. The third-order valence-electron chi connectivity index (χ3n) is 3.08. The second-order valence-corrected chi connectivity index (χ2v) is 5.78. The van der Waals surface area contributed by atoms with Crippen LogP contribution < -0.4 is 0 Å². The Hall–Kier alpha value is -0.830. The number of carbonyl (C=O) groups excluding carboxylic acids is 1. The summed E-state index contributed by atoms with van der Waals surface area (Å²) in [5, 5.41) is 0. The average Bonchev–Trinajstić information content (AvgIpc) is 2.27. The summed E-state index contributed by atoms with van der Waals surface area (Å²) in [7, 11) is 1.89. The number of amides is 1. The van der Waals surface area contributed by atoms with Crippen LogP contribution in [0.4, 0.5) is 0 Å². The molecule has 0 N–H and O–H groups in total. The van der Waals surface area contributed by atoms with Crippen molar-refractivity contribution < 1.29 is 4.79 Å². The van der Waals surface area contributed by atoms with Crippen LogP contribution in [-0.4, -0.2) is 29.2 Å². The van der Waals surface area contributed by atoms with Gasteiger partial charge in [-0.05, 0) is 30.9 Å². The highest BCUT2D eigenvalue weighted by molar-refractivity contribution is 9.09. The molecule has 1 aliphatic carbocycles. The van der Waals surface area contributed by atoms with E-state index in [2.05, 4.69) is 15.9 Å². The lowest BCUT2D eigenvalue weighted by Gasteiger charge is -2.34. The molecule has 0 aliphatic heterocycles. The molecule has 0 saturated heterocycles. The van der Waals surface area contributed by atoms with Gasteiger partial charge in [-0.25, -0.2) is 0 Å². The lowest BCUT2D eigenvalue weighted by Crippen LogP contribution is -2.37. The van der Waals surface area contributed by atoms with Gasteiger partial charge in [0.1, 0.15) is 0 Å². The van der Waals surface area contributed by atoms with E-state index in [0.29, 0.717) is 10.7 Å². The van der Waals surface area contributed by atoms with Crippen LogP contribution in [0.15, 0.2) is 30.3 Å². The summed E-state index contributed by atoms with van der Waals surface area (Å²) in [4.78, 5) is 14.5. The van der Waals surface area contributed by atoms with Gasteiger partial charge in [0.25, 0.3) is 5.91 Å². The molecule has 1 aromatic carbocycles. The van der Waals surface area contributed by atoms with Gasteiger partial charge < -0.3 is 4.90 Å². The number of alkyl halides is 1. The van der Waals surface area contributed by atoms with Crippen molar-refractivity contribution in [1.82, 2.24) is 4.90 Å². The largest absolute Gasteiger partial charge is 0.341 e. The summed E-state index contributed by atoms with van der Waals surface area (Å²) < 4.78 is 0. The molecule has 1 aromatic rings. The summed E-state index contributed by atoms with van der Waals surface area (Å²) in [6.07, 6.45) is 2.37. The van der Waals surface area contributed by atoms with E-state index in [1.165, 1.54) is 12.8 Å². The molecule has 1 saturated carbocycles. The molecule has 16 heavy (non-hydrogen) atoms. The molecule has 0 spiro atoms. The topological polar surface area (TPSA) is 20.3 Å². The van der Waals surface area contributed by atoms with Crippen molar-refractivity contribution in [2.45, 2.75) is 17.7 Å². The Bertz CT molecular complexity index is 359. The summed E-state index contributed by atoms with van der Waals surface area (Å²) in [5.41, 5.74) is 0.778. The molecule has 1 amide bonds. The van der Waals surface area contributed by atoms with Crippen molar-refractivity contribution in [3.05, 3.63) is 35.9 Å². The van der Waals surface area contributed by atoms with Crippen molar-refractivity contribution >= 4 is 21.8 Å². The molecule has 1 aliphatic rings. The molecular formula is C13H16BrNO. The molecule has 86 valence electrons. The Labute approximate surface area is 105 Å². The molecule has 1 fully saturated rings. The van der Waals surface area contributed by atoms with Gasteiger partial charge in [0, 0.05) is 24.0 Å². The molecule has 0 unspecified atom stereocenters. The Morgan fingerprint density at radius 3 is 2.56 bits per heavy atom. The molecule has 3 heteroatoms. The van der Waals surface area contributed by atoms with Crippen molar-refractivity contribution in [3.8, 4) is 0 Å². The van der Waals surface area contributed by atoms with E-state index in [1.807, 2.05) is 42.3 Å². The van der Waals surface area contributed by atoms with Gasteiger partial charge in [0.2, 0.25) is 0 Å². The second kappa shape index (κ2) is 5.00. The molecule has 0 aromatic heterocycles. The highest BCUT2D eigenvalue weighted by Crippen LogP contribution is 2.33. The number of hydrogen-bond acceptors (Lipinski definition) is 1. The zero-order valence-corrected chi connectivity index (χ0v) is 11.0. The first-order valence-corrected chi connectivity index (χ1v) is 6.53. The fourth-order valence-corrected chi connectivity index (χ4v) is 3.13. The van der Waals surface area contributed by atoms with Crippen molar-refractivity contribution in [2.75, 3.05) is 13.6 Å². The summed E-state index contributed by atoms with van der Waals surface area (Å²) >= 11 is 3.57. The lowest BCUT2D eigenvalue weighted by molar-refractivity contribution is 0.0749. The van der Waals surface area contributed by atoms with Crippen LogP contribution in [0.2, 0.25) is 0 Å². The van der Waals surface area contributed by atoms with E-state index in [1.54, 1.807) is 0 Å². The van der Waals surface area contributed by atoms with Gasteiger partial charge in [0.05, 0.1) is 0 Å². The number of benzene rings is 1. The van der Waals surface area contributed by atoms with Crippen molar-refractivity contribution in [2.24, 2.45) is 5.92 Å². The smallest absolute Gasteiger partial charge is 0.253 e. The van der Waals surface area contributed by atoms with Gasteiger partial charge in [-0.2, -0.15) is 0 Å². The quantitative estimate of drug-likeness (QED) is 0.781. The fourth-order valence-electron chi connectivity index (χ4n) is 2.07. The average molecular weight is 282 g/mol. The Morgan fingerprint density at radius 1 is 1.38 bits per heavy atom. The zero-order chi connectivity index (χ0) is 11.5. The zero-order valence-electron chi connectivity index (χ0n) is 9.40. The van der Waals surface area contributed by atoms with E-state index in [0.717, 1.165) is 12.1 Å². The standard InChI is InChI=1S/C13H16BrNO/c1-15(9-10-7-12(14)8-10)13(16)11-5-3-2-4-6-11/h2-6,10,12H,7-9H2,1H3. The number of rotatable bonds is 3. The van der Waals surface area contributed by atoms with E-state index in [-0.39, 0.29) is 5.91 Å². The minimum Gasteiger partial charge on any atom is -0.341 e. The first-order valence-electron chi connectivity index (χ1n) is 5.61. The fraction of sp³-hybridized carbons (Fsp3) is 0.462. The van der Waals surface area contributed by atoms with Crippen molar-refractivity contribution in [3.63, 3.8) is 0 Å². The molecule has 0 radical (unpaired) electrons. The van der Waals surface area contributed by atoms with Crippen LogP contribution in [0.25, 0.3) is 0 Å². The molecular weight excluding hydrogens is 266 g/mol. The monoisotopic (exact) mass is 281 g/mol. The summed E-state index contributed by atoms with van der Waals surface area (Å²) in [6.45, 7) is 0.871. The van der Waals surface area contributed by atoms with Crippen LogP contribution in [0, 0.1) is 5.92 Å². The summed E-state index contributed by atoms with van der Waals surface area (Å²) in [6, 6.07) is 9.47. The van der Waals surface area contributed by atoms with Crippen LogP contribution in [0.1, 0.15) is 23.2 Å². The third kappa shape index (κ3) is 2.64. The minimum atomic E-state index is 0.124. The maximum Gasteiger partial charge on any atom is 0.253 e. The number of nitrogens with zero attached hydrogens (tertiary/aromatic N) is 1. The van der Waals surface area contributed by atoms with Crippen LogP contribution >= 0.6 is 15.9 Å². The van der Waals surface area contributed by atoms with Gasteiger partial charge >= 0.3 is 0 Å². The predicted molar refractivity (Wildman–Crippen MR) is 68.8 cm³/mol. The van der Waals surface area contributed by atoms with E-state index >= 15 is 0 Å². The molecule has 2 rings (SSSR count). The summed E-state index contributed by atoms with van der Waals surface area (Å²) in [5.74, 6) is 0.792. The molecule has 2 nitrogen and oxygen atoms in total. The first kappa shape index (κ1) is 11.6. The number of halogens is 1. The van der Waals surface area contributed by atoms with E-state index in [9.17, 15) is 4.79 Å². The van der Waals surface area contributed by atoms with E-state index < -0.39 is 0 Å². The SMILES string of the molecule is CN(CC1CC(Br)C1)C(=O)c1ccccc1. The van der Waals surface area contributed by atoms with Gasteiger partial charge in [-0.15, -0.1) is 0 Å². The van der Waals surface area contributed by atoms with Gasteiger partial charge in [0.15, 0.2) is 0 Å². The molecule has 0 atom stereocenters. The maximum atomic E-state index is 12.0. The van der Waals surface area contributed by atoms with Crippen LogP contribution in [0.5, 0.6) is 0 Å². The Kier molecular flexibility index (Phi) is 3.64.